The number of nitrogens with zero attached hydrogens (tertiary/aromatic N) is 2. The number of rotatable bonds is 5. The number of thiophene rings is 1. The lowest BCUT2D eigenvalue weighted by Crippen LogP contribution is -2.10. The highest BCUT2D eigenvalue weighted by Gasteiger charge is 2.22. The molecule has 0 fully saturated rings. The van der Waals surface area contributed by atoms with Crippen LogP contribution in [-0.2, 0) is 6.42 Å². The molecule has 3 aromatic heterocycles. The Balaban J connectivity index is 0.949. The van der Waals surface area contributed by atoms with Crippen molar-refractivity contribution in [3.05, 3.63) is 223 Å². The lowest BCUT2D eigenvalue weighted by Gasteiger charge is -2.27. The molecule has 0 bridgehead atoms. The molecule has 1 aliphatic rings. The van der Waals surface area contributed by atoms with E-state index in [1.807, 2.05) is 11.3 Å². The molecule has 3 heteroatoms. The second kappa shape index (κ2) is 13.8. The molecule has 0 spiro atoms. The van der Waals surface area contributed by atoms with Crippen LogP contribution in [0.4, 0.5) is 17.1 Å². The fraction of sp³-hybridized carbons (Fsp3) is 0.0164. The van der Waals surface area contributed by atoms with Gasteiger partial charge in [-0.3, -0.25) is 0 Å². The van der Waals surface area contributed by atoms with Gasteiger partial charge in [0.15, 0.2) is 0 Å². The molecule has 0 saturated carbocycles. The molecule has 3 heterocycles. The number of hydrogen-bond acceptors (Lipinski definition) is 2. The summed E-state index contributed by atoms with van der Waals surface area (Å²) in [7, 11) is 0. The van der Waals surface area contributed by atoms with Gasteiger partial charge >= 0.3 is 0 Å². The summed E-state index contributed by atoms with van der Waals surface area (Å²) in [5.74, 6) is 0. The van der Waals surface area contributed by atoms with Crippen LogP contribution in [0.25, 0.3) is 108 Å². The maximum Gasteiger partial charge on any atom is 0.0616 e. The van der Waals surface area contributed by atoms with Gasteiger partial charge in [-0.25, -0.2) is 0 Å². The van der Waals surface area contributed by atoms with Crippen LogP contribution in [0, 0.1) is 0 Å². The molecule has 0 atom stereocenters. The molecule has 1 aliphatic carbocycles. The average Bonchev–Trinajstić information content (AvgIpc) is 3.95. The number of hydrogen-bond donors (Lipinski definition) is 0. The van der Waals surface area contributed by atoms with E-state index < -0.39 is 0 Å². The summed E-state index contributed by atoms with van der Waals surface area (Å²) >= 11 is 1.88. The van der Waals surface area contributed by atoms with Crippen LogP contribution in [0.5, 0.6) is 0 Å². The molecule has 0 amide bonds. The molecular weight excluding hydrogens is 793 g/mol. The van der Waals surface area contributed by atoms with Crippen LogP contribution in [0.1, 0.15) is 5.56 Å². The number of anilines is 3. The first-order valence-corrected chi connectivity index (χ1v) is 23.0. The summed E-state index contributed by atoms with van der Waals surface area (Å²) in [5.41, 5.74) is 13.5. The van der Waals surface area contributed by atoms with E-state index in [9.17, 15) is 0 Å². The van der Waals surface area contributed by atoms with Gasteiger partial charge in [0, 0.05) is 58.8 Å². The Bertz CT molecular complexity index is 4110. The number of allylic oxidation sites excluding steroid dienone is 2. The maximum absolute atomic E-state index is 2.53. The van der Waals surface area contributed by atoms with Crippen LogP contribution in [0.3, 0.4) is 0 Å². The van der Waals surface area contributed by atoms with Crippen molar-refractivity contribution in [1.29, 1.82) is 0 Å². The Morgan fingerprint density at radius 2 is 0.953 bits per heavy atom. The predicted molar refractivity (Wildman–Crippen MR) is 276 cm³/mol. The zero-order chi connectivity index (χ0) is 41.9. The monoisotopic (exact) mass is 830 g/mol. The van der Waals surface area contributed by atoms with E-state index in [-0.39, 0.29) is 0 Å². The third kappa shape index (κ3) is 5.13. The Labute approximate surface area is 373 Å². The molecular formula is C61H38N2S. The molecule has 0 unspecified atom stereocenters. The Morgan fingerprint density at radius 1 is 0.406 bits per heavy atom. The summed E-state index contributed by atoms with van der Waals surface area (Å²) in [5, 5.41) is 14.2. The highest BCUT2D eigenvalue weighted by Crippen LogP contribution is 2.45. The lowest BCUT2D eigenvalue weighted by atomic mass is 9.94. The van der Waals surface area contributed by atoms with Gasteiger partial charge in [0.1, 0.15) is 0 Å². The van der Waals surface area contributed by atoms with Gasteiger partial charge in [0.05, 0.1) is 16.6 Å². The first-order valence-electron chi connectivity index (χ1n) is 22.1. The van der Waals surface area contributed by atoms with Crippen LogP contribution < -0.4 is 10.1 Å². The SMILES string of the molecule is C1=CCc2c3cccc(-c4ccc(N(c5ccc(-c6cccc7c6sc6ccccc67)cc5)c5ccc6c7ccccc7c7ccccc7c6c5)cc4)c3n3c2c(c2ccccc23)=C1. The first kappa shape index (κ1) is 35.6. The smallest absolute Gasteiger partial charge is 0.0616 e. The molecule has 0 saturated heterocycles. The highest BCUT2D eigenvalue weighted by molar-refractivity contribution is 7.26. The summed E-state index contributed by atoms with van der Waals surface area (Å²) < 4.78 is 5.18. The number of aromatic nitrogens is 1. The van der Waals surface area contributed by atoms with Gasteiger partial charge in [-0.15, -0.1) is 11.3 Å². The summed E-state index contributed by atoms with van der Waals surface area (Å²) in [6, 6.07) is 74.4. The van der Waals surface area contributed by atoms with Crippen LogP contribution in [0.15, 0.2) is 212 Å². The van der Waals surface area contributed by atoms with Crippen molar-refractivity contribution in [3.8, 4) is 22.3 Å². The van der Waals surface area contributed by atoms with Crippen molar-refractivity contribution in [3.63, 3.8) is 0 Å². The highest BCUT2D eigenvalue weighted by atomic mass is 32.1. The quantitative estimate of drug-likeness (QED) is 0.157. The molecule has 64 heavy (non-hydrogen) atoms. The van der Waals surface area contributed by atoms with Crippen molar-refractivity contribution in [2.24, 2.45) is 0 Å². The molecule has 10 aromatic carbocycles. The van der Waals surface area contributed by atoms with Gasteiger partial charge in [0.2, 0.25) is 0 Å². The average molecular weight is 831 g/mol. The fourth-order valence-corrected chi connectivity index (χ4v) is 12.2. The lowest BCUT2D eigenvalue weighted by molar-refractivity contribution is 1.29. The zero-order valence-corrected chi connectivity index (χ0v) is 35.6. The van der Waals surface area contributed by atoms with Crippen molar-refractivity contribution < 1.29 is 0 Å². The van der Waals surface area contributed by atoms with E-state index in [1.165, 1.54) is 113 Å². The van der Waals surface area contributed by atoms with Crippen molar-refractivity contribution in [1.82, 2.24) is 4.40 Å². The molecule has 0 radical (unpaired) electrons. The topological polar surface area (TPSA) is 7.65 Å². The Morgan fingerprint density at radius 3 is 1.67 bits per heavy atom. The van der Waals surface area contributed by atoms with Gasteiger partial charge in [-0.05, 0) is 110 Å². The van der Waals surface area contributed by atoms with Crippen molar-refractivity contribution in [2.45, 2.75) is 6.42 Å². The van der Waals surface area contributed by atoms with Crippen LogP contribution >= 0.6 is 11.3 Å². The van der Waals surface area contributed by atoms with E-state index in [1.54, 1.807) is 0 Å². The van der Waals surface area contributed by atoms with Gasteiger partial charge in [-0.1, -0.05) is 170 Å². The van der Waals surface area contributed by atoms with E-state index in [4.69, 9.17) is 0 Å². The third-order valence-corrected chi connectivity index (χ3v) is 15.0. The minimum absolute atomic E-state index is 0.916. The second-order valence-electron chi connectivity index (χ2n) is 17.1. The summed E-state index contributed by atoms with van der Waals surface area (Å²) in [4.78, 5) is 2.43. The van der Waals surface area contributed by atoms with Crippen molar-refractivity contribution in [2.75, 3.05) is 4.90 Å². The van der Waals surface area contributed by atoms with Gasteiger partial charge < -0.3 is 9.30 Å². The fourth-order valence-electron chi connectivity index (χ4n) is 10.9. The van der Waals surface area contributed by atoms with E-state index in [0.717, 1.165) is 23.5 Å². The molecule has 0 aliphatic heterocycles. The van der Waals surface area contributed by atoms with Gasteiger partial charge in [0.25, 0.3) is 0 Å². The Hall–Kier alpha value is -7.98. The zero-order valence-electron chi connectivity index (χ0n) is 34.8. The molecule has 13 aromatic rings. The van der Waals surface area contributed by atoms with Crippen molar-refractivity contribution >= 4 is 114 Å². The second-order valence-corrected chi connectivity index (χ2v) is 18.2. The molecule has 2 nitrogen and oxygen atoms in total. The van der Waals surface area contributed by atoms with E-state index >= 15 is 0 Å². The standard InChI is InChI=1S/C61H38N2S/c1-2-15-47-45(13-1)46-14-3-4-16-48(46)56-37-42(35-36-49(47)56)62(41-33-29-39(30-34-41)44-22-12-24-55-51-18-8-10-26-58(51)64-61(44)55)40-31-27-38(28-32-40)43-21-11-23-54-53-20-6-5-19-52-50-17-7-9-25-57(50)63(59(43)54)60(52)53/h1-19,21-37H,20H2. The van der Waals surface area contributed by atoms with Crippen LogP contribution in [0.2, 0.25) is 0 Å². The third-order valence-electron chi connectivity index (χ3n) is 13.8. The van der Waals surface area contributed by atoms with Crippen LogP contribution in [-0.4, -0.2) is 4.40 Å². The Kier molecular flexibility index (Phi) is 7.65. The number of benzene rings is 10. The predicted octanol–water partition coefficient (Wildman–Crippen LogP) is 16.5. The van der Waals surface area contributed by atoms with E-state index in [0.29, 0.717) is 0 Å². The first-order chi connectivity index (χ1) is 31.8. The number of para-hydroxylation sites is 2. The number of fused-ring (bicyclic) bond motifs is 15. The maximum atomic E-state index is 2.53. The molecule has 0 N–H and O–H groups in total. The largest absolute Gasteiger partial charge is 0.310 e. The van der Waals surface area contributed by atoms with Gasteiger partial charge in [-0.2, -0.15) is 0 Å². The molecule has 14 rings (SSSR count). The summed E-state index contributed by atoms with van der Waals surface area (Å²) in [6.45, 7) is 0. The minimum Gasteiger partial charge on any atom is -0.310 e. The normalized spacial score (nSPS) is 12.7. The minimum atomic E-state index is 0.916. The van der Waals surface area contributed by atoms with E-state index in [2.05, 4.69) is 228 Å². The summed E-state index contributed by atoms with van der Waals surface area (Å²) in [6.07, 6.45) is 7.74. The molecule has 298 valence electrons.